The predicted octanol–water partition coefficient (Wildman–Crippen LogP) is 3.91. The van der Waals surface area contributed by atoms with Gasteiger partial charge in [-0.1, -0.05) is 29.3 Å². The molecule has 1 amide bonds. The van der Waals surface area contributed by atoms with E-state index in [2.05, 4.69) is 0 Å². The van der Waals surface area contributed by atoms with Crippen LogP contribution in [0.4, 0.5) is 4.79 Å². The van der Waals surface area contributed by atoms with Gasteiger partial charge in [-0.05, 0) is 45.4 Å². The van der Waals surface area contributed by atoms with Crippen LogP contribution in [0.15, 0.2) is 30.0 Å². The summed E-state index contributed by atoms with van der Waals surface area (Å²) in [4.78, 5) is 25.1. The van der Waals surface area contributed by atoms with Crippen molar-refractivity contribution in [3.05, 3.63) is 45.6 Å². The zero-order valence-electron chi connectivity index (χ0n) is 16.6. The molecule has 0 aliphatic carbocycles. The van der Waals surface area contributed by atoms with E-state index < -0.39 is 33.9 Å². The molecule has 0 N–H and O–H groups in total. The highest BCUT2D eigenvalue weighted by atomic mass is 35.5. The van der Waals surface area contributed by atoms with E-state index >= 15 is 0 Å². The minimum Gasteiger partial charge on any atom is -0.463 e. The number of carbonyl (C=O) groups is 2. The number of rotatable bonds is 3. The molecule has 0 bridgehead atoms. The third-order valence-electron chi connectivity index (χ3n) is 3.87. The molecule has 160 valence electrons. The Morgan fingerprint density at radius 2 is 1.83 bits per heavy atom. The summed E-state index contributed by atoms with van der Waals surface area (Å²) in [6, 6.07) is 3.34. The summed E-state index contributed by atoms with van der Waals surface area (Å²) >= 11 is 12.2. The highest BCUT2D eigenvalue weighted by molar-refractivity contribution is 7.87. The molecule has 0 spiro atoms. The minimum absolute atomic E-state index is 0.0557. The lowest BCUT2D eigenvalue weighted by Crippen LogP contribution is -2.50. The highest BCUT2D eigenvalue weighted by Gasteiger charge is 2.46. The Morgan fingerprint density at radius 1 is 1.21 bits per heavy atom. The van der Waals surface area contributed by atoms with Crippen molar-refractivity contribution in [2.75, 3.05) is 13.7 Å². The zero-order valence-corrected chi connectivity index (χ0v) is 18.9. The van der Waals surface area contributed by atoms with Gasteiger partial charge in [-0.15, -0.1) is 0 Å². The first kappa shape index (κ1) is 23.5. The lowest BCUT2D eigenvalue weighted by Gasteiger charge is -2.37. The van der Waals surface area contributed by atoms with Crippen molar-refractivity contribution in [1.29, 1.82) is 0 Å². The van der Waals surface area contributed by atoms with Crippen molar-refractivity contribution in [2.45, 2.75) is 39.3 Å². The first-order valence-electron chi connectivity index (χ1n) is 8.63. The van der Waals surface area contributed by atoms with Crippen LogP contribution in [0, 0.1) is 0 Å². The van der Waals surface area contributed by atoms with Gasteiger partial charge >= 0.3 is 22.3 Å². The number of likely N-dealkylation sites (N-methyl/N-ethyl adjacent to an activating group) is 1. The van der Waals surface area contributed by atoms with E-state index in [1.54, 1.807) is 27.7 Å². The molecule has 0 radical (unpaired) electrons. The molecule has 1 aliphatic heterocycles. The van der Waals surface area contributed by atoms with Crippen LogP contribution in [0.1, 0.15) is 39.3 Å². The molecule has 8 nitrogen and oxygen atoms in total. The number of esters is 1. The maximum Gasteiger partial charge on any atom is 0.429 e. The normalized spacial score (nSPS) is 19.5. The smallest absolute Gasteiger partial charge is 0.429 e. The van der Waals surface area contributed by atoms with Gasteiger partial charge in [-0.25, -0.2) is 9.59 Å². The predicted molar refractivity (Wildman–Crippen MR) is 109 cm³/mol. The van der Waals surface area contributed by atoms with Gasteiger partial charge in [0, 0.05) is 23.3 Å². The zero-order chi connectivity index (χ0) is 22.1. The monoisotopic (exact) mass is 464 g/mol. The number of benzene rings is 1. The molecule has 11 heteroatoms. The average Bonchev–Trinajstić information content (AvgIpc) is 2.56. The Bertz CT molecular complexity index is 956. The summed E-state index contributed by atoms with van der Waals surface area (Å²) in [5.41, 5.74) is -0.732. The SMILES string of the molecule is CCOC(=O)C1=CN(C(=O)OC(C)(C)C)S(=O)(=O)N(C)C1c1ccc(Cl)cc1Cl. The van der Waals surface area contributed by atoms with Gasteiger partial charge in [0.05, 0.1) is 18.2 Å². The lowest BCUT2D eigenvalue weighted by molar-refractivity contribution is -0.139. The molecular weight excluding hydrogens is 443 g/mol. The second-order valence-electron chi connectivity index (χ2n) is 7.17. The average molecular weight is 465 g/mol. The van der Waals surface area contributed by atoms with Crippen molar-refractivity contribution < 1.29 is 27.5 Å². The van der Waals surface area contributed by atoms with Crippen LogP contribution in [-0.2, 0) is 24.5 Å². The van der Waals surface area contributed by atoms with Gasteiger partial charge in [-0.2, -0.15) is 17.0 Å². The Balaban J connectivity index is 2.67. The van der Waals surface area contributed by atoms with Gasteiger partial charge in [-0.3, -0.25) is 0 Å². The van der Waals surface area contributed by atoms with Gasteiger partial charge in [0.2, 0.25) is 0 Å². The van der Waals surface area contributed by atoms with E-state index in [0.717, 1.165) is 10.5 Å². The number of ether oxygens (including phenoxy) is 2. The summed E-state index contributed by atoms with van der Waals surface area (Å²) in [5, 5.41) is 0.502. The van der Waals surface area contributed by atoms with E-state index in [4.69, 9.17) is 32.7 Å². The molecule has 0 saturated heterocycles. The highest BCUT2D eigenvalue weighted by Crippen LogP contribution is 2.40. The summed E-state index contributed by atoms with van der Waals surface area (Å²) < 4.78 is 37.5. The number of amides is 1. The fraction of sp³-hybridized carbons (Fsp3) is 0.444. The third kappa shape index (κ3) is 5.03. The fourth-order valence-corrected chi connectivity index (χ4v) is 4.41. The van der Waals surface area contributed by atoms with Gasteiger partial charge in [0.25, 0.3) is 0 Å². The van der Waals surface area contributed by atoms with Gasteiger partial charge < -0.3 is 9.47 Å². The Kier molecular flexibility index (Phi) is 6.89. The molecule has 2 rings (SSSR count). The van der Waals surface area contributed by atoms with Crippen LogP contribution in [0.25, 0.3) is 0 Å². The molecule has 1 unspecified atom stereocenters. The maximum atomic E-state index is 13.0. The van der Waals surface area contributed by atoms with Crippen LogP contribution < -0.4 is 0 Å². The molecule has 0 aromatic heterocycles. The lowest BCUT2D eigenvalue weighted by atomic mass is 9.99. The van der Waals surface area contributed by atoms with Crippen LogP contribution in [0.3, 0.4) is 0 Å². The minimum atomic E-state index is -4.36. The van der Waals surface area contributed by atoms with Crippen molar-refractivity contribution in [1.82, 2.24) is 8.61 Å². The van der Waals surface area contributed by atoms with Crippen molar-refractivity contribution in [3.63, 3.8) is 0 Å². The van der Waals surface area contributed by atoms with Crippen molar-refractivity contribution in [2.24, 2.45) is 0 Å². The van der Waals surface area contributed by atoms with E-state index in [0.29, 0.717) is 14.9 Å². The topological polar surface area (TPSA) is 93.2 Å². The van der Waals surface area contributed by atoms with Crippen LogP contribution in [0.5, 0.6) is 0 Å². The van der Waals surface area contributed by atoms with E-state index in [1.165, 1.54) is 25.2 Å². The van der Waals surface area contributed by atoms with Gasteiger partial charge in [0.15, 0.2) is 0 Å². The molecule has 1 heterocycles. The Labute approximate surface area is 180 Å². The standard InChI is InChI=1S/C18H22Cl2N2O6S/c1-6-27-16(23)13-10-22(17(24)28-18(2,3)4)29(25,26)21(5)15(13)12-8-7-11(19)9-14(12)20/h7-10,15H,6H2,1-5H3. The molecule has 0 saturated carbocycles. The Morgan fingerprint density at radius 3 is 2.34 bits per heavy atom. The first-order chi connectivity index (χ1) is 13.3. The number of halogens is 2. The number of carbonyl (C=O) groups excluding carboxylic acids is 2. The third-order valence-corrected chi connectivity index (χ3v) is 6.12. The second-order valence-corrected chi connectivity index (χ2v) is 9.88. The largest absolute Gasteiger partial charge is 0.463 e. The summed E-state index contributed by atoms with van der Waals surface area (Å²) in [7, 11) is -3.13. The molecular formula is C18H22Cl2N2O6S. The van der Waals surface area contributed by atoms with Crippen LogP contribution >= 0.6 is 23.2 Å². The summed E-state index contributed by atoms with van der Waals surface area (Å²) in [5.74, 6) is -0.793. The second kappa shape index (κ2) is 8.51. The molecule has 29 heavy (non-hydrogen) atoms. The van der Waals surface area contributed by atoms with E-state index in [9.17, 15) is 18.0 Å². The van der Waals surface area contributed by atoms with E-state index in [-0.39, 0.29) is 17.2 Å². The fourth-order valence-electron chi connectivity index (χ4n) is 2.65. The molecule has 1 aromatic carbocycles. The van der Waals surface area contributed by atoms with Crippen LogP contribution in [-0.4, -0.2) is 48.3 Å². The molecule has 1 aromatic rings. The van der Waals surface area contributed by atoms with Crippen molar-refractivity contribution in [3.8, 4) is 0 Å². The molecule has 1 aliphatic rings. The van der Waals surface area contributed by atoms with Crippen LogP contribution in [0.2, 0.25) is 10.0 Å². The maximum absolute atomic E-state index is 13.0. The first-order valence-corrected chi connectivity index (χ1v) is 10.8. The molecule has 1 atom stereocenters. The quantitative estimate of drug-likeness (QED) is 0.629. The van der Waals surface area contributed by atoms with E-state index in [1.807, 2.05) is 0 Å². The Hall–Kier alpha value is -1.81. The number of hydrogen-bond donors (Lipinski definition) is 0. The number of nitrogens with zero attached hydrogens (tertiary/aromatic N) is 2. The van der Waals surface area contributed by atoms with Crippen molar-refractivity contribution >= 4 is 45.5 Å². The summed E-state index contributed by atoms with van der Waals surface area (Å²) in [6.45, 7) is 6.45. The molecule has 0 fully saturated rings. The van der Waals surface area contributed by atoms with Gasteiger partial charge in [0.1, 0.15) is 5.60 Å². The number of hydrogen-bond acceptors (Lipinski definition) is 6. The summed E-state index contributed by atoms with van der Waals surface area (Å²) in [6.07, 6.45) is -0.233.